The van der Waals surface area contributed by atoms with Crippen LogP contribution in [0.3, 0.4) is 0 Å². The Hall–Kier alpha value is -1.14. The molecule has 1 aromatic rings. The van der Waals surface area contributed by atoms with E-state index < -0.39 is 11.5 Å². The molecule has 0 bridgehead atoms. The van der Waals surface area contributed by atoms with Crippen molar-refractivity contribution in [1.82, 2.24) is 15.3 Å². The summed E-state index contributed by atoms with van der Waals surface area (Å²) in [6.07, 6.45) is 9.31. The van der Waals surface area contributed by atoms with Crippen LogP contribution in [0.5, 0.6) is 0 Å². The van der Waals surface area contributed by atoms with Crippen molar-refractivity contribution in [3.8, 4) is 0 Å². The first-order valence-corrected chi connectivity index (χ1v) is 7.95. The number of rotatable bonds is 6. The lowest BCUT2D eigenvalue weighted by Gasteiger charge is -2.38. The molecule has 1 aliphatic rings. The van der Waals surface area contributed by atoms with Gasteiger partial charge in [-0.1, -0.05) is 6.92 Å². The first-order valence-electron chi connectivity index (χ1n) is 7.07. The predicted octanol–water partition coefficient (Wildman–Crippen LogP) is 2.33. The fourth-order valence-electron chi connectivity index (χ4n) is 2.64. The summed E-state index contributed by atoms with van der Waals surface area (Å²) in [5.41, 5.74) is -0.770. The van der Waals surface area contributed by atoms with E-state index in [1.807, 2.05) is 0 Å². The maximum absolute atomic E-state index is 11.7. The maximum atomic E-state index is 11.7. The van der Waals surface area contributed by atoms with Crippen LogP contribution in [-0.2, 0) is 4.79 Å². The van der Waals surface area contributed by atoms with Gasteiger partial charge in [0, 0.05) is 17.6 Å². The van der Waals surface area contributed by atoms with Crippen LogP contribution in [0.4, 0.5) is 0 Å². The first kappa shape index (κ1) is 15.3. The number of nitrogens with zero attached hydrogens (tertiary/aromatic N) is 2. The summed E-state index contributed by atoms with van der Waals surface area (Å²) >= 11 is 1.64. The molecule has 0 saturated heterocycles. The summed E-state index contributed by atoms with van der Waals surface area (Å²) in [4.78, 5) is 20.0. The highest BCUT2D eigenvalue weighted by Gasteiger charge is 2.42. The first-order chi connectivity index (χ1) is 9.66. The van der Waals surface area contributed by atoms with E-state index in [9.17, 15) is 9.90 Å². The Bertz CT molecular complexity index is 443. The Morgan fingerprint density at radius 3 is 3.10 bits per heavy atom. The van der Waals surface area contributed by atoms with Crippen molar-refractivity contribution in [1.29, 1.82) is 0 Å². The van der Waals surface area contributed by atoms with E-state index in [-0.39, 0.29) is 5.25 Å². The van der Waals surface area contributed by atoms with Crippen LogP contribution in [0.25, 0.3) is 0 Å². The summed E-state index contributed by atoms with van der Waals surface area (Å²) in [7, 11) is 0. The highest BCUT2D eigenvalue weighted by atomic mass is 32.2. The normalized spacial score (nSPS) is 26.4. The van der Waals surface area contributed by atoms with Gasteiger partial charge < -0.3 is 10.4 Å². The van der Waals surface area contributed by atoms with Gasteiger partial charge in [0.1, 0.15) is 10.6 Å². The molecule has 1 fully saturated rings. The van der Waals surface area contributed by atoms with Crippen molar-refractivity contribution < 1.29 is 9.90 Å². The van der Waals surface area contributed by atoms with E-state index in [4.69, 9.17) is 0 Å². The molecule has 2 atom stereocenters. The molecule has 6 heteroatoms. The monoisotopic (exact) mass is 295 g/mol. The average Bonchev–Trinajstić information content (AvgIpc) is 2.46. The summed E-state index contributed by atoms with van der Waals surface area (Å²) in [6.45, 7) is 2.80. The number of hydrogen-bond acceptors (Lipinski definition) is 5. The van der Waals surface area contributed by atoms with E-state index in [1.165, 1.54) is 0 Å². The van der Waals surface area contributed by atoms with E-state index in [0.717, 1.165) is 30.8 Å². The Labute approximate surface area is 123 Å². The lowest BCUT2D eigenvalue weighted by atomic mass is 9.81. The molecule has 2 unspecified atom stereocenters. The van der Waals surface area contributed by atoms with Gasteiger partial charge in [0.15, 0.2) is 0 Å². The second-order valence-electron chi connectivity index (χ2n) is 5.19. The topological polar surface area (TPSA) is 75.1 Å². The number of hydrogen-bond donors (Lipinski definition) is 2. The molecular weight excluding hydrogens is 274 g/mol. The third-order valence-corrected chi connectivity index (χ3v) is 4.84. The molecule has 0 aliphatic heterocycles. The minimum Gasteiger partial charge on any atom is -0.480 e. The third kappa shape index (κ3) is 3.70. The number of nitrogens with one attached hydrogen (secondary N) is 1. The molecule has 1 saturated carbocycles. The number of carbonyl (C=O) groups is 1. The molecular formula is C14H21N3O2S. The van der Waals surface area contributed by atoms with Crippen molar-refractivity contribution >= 4 is 17.7 Å². The molecule has 2 N–H and O–H groups in total. The number of thioether (sulfide) groups is 1. The number of aromatic nitrogens is 2. The second kappa shape index (κ2) is 7.04. The molecule has 1 aromatic heterocycles. The smallest absolute Gasteiger partial charge is 0.323 e. The van der Waals surface area contributed by atoms with Gasteiger partial charge in [-0.3, -0.25) is 9.78 Å². The van der Waals surface area contributed by atoms with Crippen LogP contribution in [-0.4, -0.2) is 38.4 Å². The Kier molecular flexibility index (Phi) is 5.37. The van der Waals surface area contributed by atoms with Gasteiger partial charge in [0.05, 0.1) is 6.20 Å². The van der Waals surface area contributed by atoms with E-state index in [1.54, 1.807) is 30.4 Å². The average molecular weight is 295 g/mol. The highest BCUT2D eigenvalue weighted by molar-refractivity contribution is 7.99. The van der Waals surface area contributed by atoms with Gasteiger partial charge in [-0.15, -0.1) is 11.8 Å². The van der Waals surface area contributed by atoms with Gasteiger partial charge in [-0.2, -0.15) is 0 Å². The zero-order valence-electron chi connectivity index (χ0n) is 11.7. The van der Waals surface area contributed by atoms with Gasteiger partial charge >= 0.3 is 5.97 Å². The highest BCUT2D eigenvalue weighted by Crippen LogP contribution is 2.37. The fourth-order valence-corrected chi connectivity index (χ4v) is 3.87. The van der Waals surface area contributed by atoms with Gasteiger partial charge in [-0.05, 0) is 38.6 Å². The Morgan fingerprint density at radius 1 is 1.60 bits per heavy atom. The summed E-state index contributed by atoms with van der Waals surface area (Å²) < 4.78 is 0. The zero-order valence-corrected chi connectivity index (χ0v) is 12.5. The van der Waals surface area contributed by atoms with E-state index >= 15 is 0 Å². The molecule has 20 heavy (non-hydrogen) atoms. The lowest BCUT2D eigenvalue weighted by molar-refractivity contribution is -0.146. The van der Waals surface area contributed by atoms with Crippen LogP contribution < -0.4 is 5.32 Å². The van der Waals surface area contributed by atoms with Gasteiger partial charge in [0.2, 0.25) is 0 Å². The largest absolute Gasteiger partial charge is 0.480 e. The zero-order chi connectivity index (χ0) is 14.4. The summed E-state index contributed by atoms with van der Waals surface area (Å²) in [5.74, 6) is -0.726. The third-order valence-electron chi connectivity index (χ3n) is 3.66. The van der Waals surface area contributed by atoms with Gasteiger partial charge in [0.25, 0.3) is 0 Å². The molecule has 0 spiro atoms. The van der Waals surface area contributed by atoms with E-state index in [0.29, 0.717) is 12.8 Å². The number of aliphatic carboxylic acids is 1. The quantitative estimate of drug-likeness (QED) is 0.839. The molecule has 0 aromatic carbocycles. The van der Waals surface area contributed by atoms with Crippen molar-refractivity contribution in [2.45, 2.75) is 54.8 Å². The van der Waals surface area contributed by atoms with Crippen molar-refractivity contribution in [3.63, 3.8) is 0 Å². The van der Waals surface area contributed by atoms with Crippen molar-refractivity contribution in [3.05, 3.63) is 18.6 Å². The fraction of sp³-hybridized carbons (Fsp3) is 0.643. The van der Waals surface area contributed by atoms with Crippen molar-refractivity contribution in [2.75, 3.05) is 6.54 Å². The van der Waals surface area contributed by atoms with Crippen LogP contribution in [0, 0.1) is 0 Å². The predicted molar refractivity (Wildman–Crippen MR) is 78.8 cm³/mol. The molecule has 5 nitrogen and oxygen atoms in total. The lowest BCUT2D eigenvalue weighted by Crippen LogP contribution is -2.55. The number of carboxylic acid groups (broad SMARTS) is 1. The molecule has 1 aliphatic carbocycles. The maximum Gasteiger partial charge on any atom is 0.323 e. The van der Waals surface area contributed by atoms with Crippen LogP contribution in [0.2, 0.25) is 0 Å². The molecule has 1 heterocycles. The minimum absolute atomic E-state index is 0.279. The second-order valence-corrected chi connectivity index (χ2v) is 6.51. The van der Waals surface area contributed by atoms with Gasteiger partial charge in [-0.25, -0.2) is 4.98 Å². The minimum atomic E-state index is -0.770. The molecule has 2 rings (SSSR count). The van der Waals surface area contributed by atoms with Crippen LogP contribution in [0.15, 0.2) is 23.6 Å². The number of carboxylic acids is 1. The van der Waals surface area contributed by atoms with Crippen LogP contribution >= 0.6 is 11.8 Å². The Morgan fingerprint density at radius 2 is 2.45 bits per heavy atom. The SMILES string of the molecule is CCCNC1(C(=O)O)CCCC(Sc2cnccn2)C1. The van der Waals surface area contributed by atoms with E-state index in [2.05, 4.69) is 22.2 Å². The molecule has 0 radical (unpaired) electrons. The molecule has 0 amide bonds. The standard InChI is InChI=1S/C14H21N3O2S/c1-2-6-17-14(13(18)19)5-3-4-11(9-14)20-12-10-15-7-8-16-12/h7-8,10-11,17H,2-6,9H2,1H3,(H,18,19). The Balaban J connectivity index is 2.04. The summed E-state index contributed by atoms with van der Waals surface area (Å²) in [6, 6.07) is 0. The van der Waals surface area contributed by atoms with Crippen LogP contribution in [0.1, 0.15) is 39.0 Å². The van der Waals surface area contributed by atoms with Crippen molar-refractivity contribution in [2.24, 2.45) is 0 Å². The summed E-state index contributed by atoms with van der Waals surface area (Å²) in [5, 5.41) is 14.0. The molecule has 110 valence electrons.